The number of ether oxygens (including phenoxy) is 2. The molecule has 134 valence electrons. The highest BCUT2D eigenvalue weighted by atomic mass is 16.5. The van der Waals surface area contributed by atoms with Crippen molar-refractivity contribution in [2.45, 2.75) is 32.9 Å². The number of guanidine groups is 1. The van der Waals surface area contributed by atoms with Crippen molar-refractivity contribution in [3.8, 4) is 11.6 Å². The maximum atomic E-state index is 5.85. The van der Waals surface area contributed by atoms with Crippen molar-refractivity contribution in [3.63, 3.8) is 0 Å². The Morgan fingerprint density at radius 1 is 1.08 bits per heavy atom. The van der Waals surface area contributed by atoms with Crippen LogP contribution in [0.3, 0.4) is 0 Å². The zero-order chi connectivity index (χ0) is 18.1. The van der Waals surface area contributed by atoms with E-state index >= 15 is 0 Å². The second-order valence-corrected chi connectivity index (χ2v) is 6.59. The summed E-state index contributed by atoms with van der Waals surface area (Å²) in [7, 11) is 0. The van der Waals surface area contributed by atoms with Gasteiger partial charge in [0.1, 0.15) is 19.0 Å². The molecule has 3 N–H and O–H groups in total. The highest BCUT2D eigenvalue weighted by molar-refractivity contribution is 5.78. The number of para-hydroxylation sites is 1. The van der Waals surface area contributed by atoms with Gasteiger partial charge in [0.15, 0.2) is 5.96 Å². The molecule has 0 aliphatic heterocycles. The Labute approximate surface area is 149 Å². The Hall–Kier alpha value is -2.76. The number of hydrogen-bond acceptors (Lipinski definition) is 4. The van der Waals surface area contributed by atoms with E-state index in [0.717, 1.165) is 11.3 Å². The highest BCUT2D eigenvalue weighted by Gasteiger charge is 2.09. The van der Waals surface area contributed by atoms with Crippen molar-refractivity contribution < 1.29 is 9.47 Å². The average molecular weight is 342 g/mol. The van der Waals surface area contributed by atoms with Crippen LogP contribution >= 0.6 is 0 Å². The van der Waals surface area contributed by atoms with Gasteiger partial charge in [-0.25, -0.2) is 9.98 Å². The number of aromatic nitrogens is 1. The number of pyridine rings is 1. The fourth-order valence-corrected chi connectivity index (χ4v) is 2.01. The van der Waals surface area contributed by atoms with Crippen molar-refractivity contribution in [2.24, 2.45) is 10.7 Å². The minimum atomic E-state index is -0.106. The summed E-state index contributed by atoms with van der Waals surface area (Å²) in [6.07, 6.45) is 1.74. The van der Waals surface area contributed by atoms with E-state index in [1.165, 1.54) is 0 Å². The smallest absolute Gasteiger partial charge is 0.213 e. The molecule has 0 atom stereocenters. The van der Waals surface area contributed by atoms with Crippen molar-refractivity contribution in [1.82, 2.24) is 10.3 Å². The zero-order valence-electron chi connectivity index (χ0n) is 15.0. The first-order chi connectivity index (χ1) is 11.9. The zero-order valence-corrected chi connectivity index (χ0v) is 15.0. The van der Waals surface area contributed by atoms with Gasteiger partial charge in [-0.2, -0.15) is 0 Å². The van der Waals surface area contributed by atoms with Gasteiger partial charge in [0.05, 0.1) is 6.54 Å². The van der Waals surface area contributed by atoms with Gasteiger partial charge in [0.25, 0.3) is 0 Å². The topological polar surface area (TPSA) is 81.8 Å². The highest BCUT2D eigenvalue weighted by Crippen LogP contribution is 2.10. The molecular weight excluding hydrogens is 316 g/mol. The molecule has 0 radical (unpaired) electrons. The van der Waals surface area contributed by atoms with Crippen LogP contribution in [0.5, 0.6) is 11.6 Å². The number of nitrogens with two attached hydrogens (primary N) is 1. The standard InChI is InChI=1S/C19H26N4O2/c1-19(2,3)23-18(20)22-14-15-9-10-17(21-13-15)25-12-11-24-16-7-5-4-6-8-16/h4-10,13H,11-12,14H2,1-3H3,(H3,20,22,23). The summed E-state index contributed by atoms with van der Waals surface area (Å²) < 4.78 is 11.1. The first-order valence-electron chi connectivity index (χ1n) is 8.26. The van der Waals surface area contributed by atoms with Crippen molar-refractivity contribution in [1.29, 1.82) is 0 Å². The Morgan fingerprint density at radius 2 is 1.80 bits per heavy atom. The molecule has 0 unspecified atom stereocenters. The molecule has 6 heteroatoms. The van der Waals surface area contributed by atoms with Crippen LogP contribution in [0.25, 0.3) is 0 Å². The molecular formula is C19H26N4O2. The lowest BCUT2D eigenvalue weighted by Gasteiger charge is -2.20. The molecule has 0 aliphatic rings. The number of aliphatic imine (C=N–C) groups is 1. The van der Waals surface area contributed by atoms with Crippen LogP contribution in [0.15, 0.2) is 53.7 Å². The van der Waals surface area contributed by atoms with E-state index in [2.05, 4.69) is 15.3 Å². The number of nitrogens with zero attached hydrogens (tertiary/aromatic N) is 2. The molecule has 0 saturated heterocycles. The Morgan fingerprint density at radius 3 is 2.44 bits per heavy atom. The predicted octanol–water partition coefficient (Wildman–Crippen LogP) is 2.74. The fourth-order valence-electron chi connectivity index (χ4n) is 2.01. The average Bonchev–Trinajstić information content (AvgIpc) is 2.57. The molecule has 0 saturated carbocycles. The van der Waals surface area contributed by atoms with Crippen LogP contribution in [0, 0.1) is 0 Å². The molecule has 0 bridgehead atoms. The summed E-state index contributed by atoms with van der Waals surface area (Å²) in [5.41, 5.74) is 6.71. The van der Waals surface area contributed by atoms with E-state index < -0.39 is 0 Å². The minimum absolute atomic E-state index is 0.106. The maximum absolute atomic E-state index is 5.85. The summed E-state index contributed by atoms with van der Waals surface area (Å²) in [6, 6.07) is 13.4. The summed E-state index contributed by atoms with van der Waals surface area (Å²) in [5, 5.41) is 3.12. The Balaban J connectivity index is 1.73. The van der Waals surface area contributed by atoms with Crippen LogP contribution in [0.2, 0.25) is 0 Å². The van der Waals surface area contributed by atoms with Gasteiger partial charge in [-0.1, -0.05) is 24.3 Å². The third kappa shape index (κ3) is 7.56. The normalized spacial score (nSPS) is 11.9. The number of benzene rings is 1. The molecule has 2 aromatic rings. The molecule has 6 nitrogen and oxygen atoms in total. The minimum Gasteiger partial charge on any atom is -0.490 e. The van der Waals surface area contributed by atoms with Gasteiger partial charge in [-0.15, -0.1) is 0 Å². The van der Waals surface area contributed by atoms with Gasteiger partial charge in [-0.05, 0) is 38.5 Å². The fraction of sp³-hybridized carbons (Fsp3) is 0.368. The lowest BCUT2D eigenvalue weighted by Crippen LogP contribution is -2.44. The predicted molar refractivity (Wildman–Crippen MR) is 99.9 cm³/mol. The molecule has 25 heavy (non-hydrogen) atoms. The molecule has 0 fully saturated rings. The molecule has 0 aliphatic carbocycles. The number of hydrogen-bond donors (Lipinski definition) is 2. The number of rotatable bonds is 7. The first kappa shape index (κ1) is 18.6. The van der Waals surface area contributed by atoms with Crippen molar-refractivity contribution in [3.05, 3.63) is 54.2 Å². The largest absolute Gasteiger partial charge is 0.490 e. The van der Waals surface area contributed by atoms with Crippen LogP contribution in [-0.2, 0) is 6.54 Å². The van der Waals surface area contributed by atoms with Gasteiger partial charge in [0.2, 0.25) is 5.88 Å². The van der Waals surface area contributed by atoms with Gasteiger partial charge in [0, 0.05) is 17.8 Å². The van der Waals surface area contributed by atoms with Gasteiger partial charge >= 0.3 is 0 Å². The molecule has 0 spiro atoms. The lowest BCUT2D eigenvalue weighted by molar-refractivity contribution is 0.212. The molecule has 1 heterocycles. The third-order valence-electron chi connectivity index (χ3n) is 3.08. The van der Waals surface area contributed by atoms with E-state index in [-0.39, 0.29) is 5.54 Å². The van der Waals surface area contributed by atoms with Crippen LogP contribution in [-0.4, -0.2) is 29.7 Å². The Kier molecular flexibility index (Phi) is 6.62. The summed E-state index contributed by atoms with van der Waals surface area (Å²) in [5.74, 6) is 1.81. The summed E-state index contributed by atoms with van der Waals surface area (Å²) in [4.78, 5) is 8.57. The van der Waals surface area contributed by atoms with Gasteiger partial charge < -0.3 is 20.5 Å². The van der Waals surface area contributed by atoms with Crippen LogP contribution in [0.4, 0.5) is 0 Å². The second-order valence-electron chi connectivity index (χ2n) is 6.59. The van der Waals surface area contributed by atoms with E-state index in [0.29, 0.717) is 31.6 Å². The second kappa shape index (κ2) is 8.92. The third-order valence-corrected chi connectivity index (χ3v) is 3.08. The molecule has 1 aromatic heterocycles. The van der Waals surface area contributed by atoms with E-state index in [4.69, 9.17) is 15.2 Å². The monoisotopic (exact) mass is 342 g/mol. The van der Waals surface area contributed by atoms with E-state index in [1.807, 2.05) is 63.2 Å². The lowest BCUT2D eigenvalue weighted by atomic mass is 10.1. The van der Waals surface area contributed by atoms with Crippen molar-refractivity contribution >= 4 is 5.96 Å². The Bertz CT molecular complexity index is 664. The van der Waals surface area contributed by atoms with Crippen LogP contribution < -0.4 is 20.5 Å². The first-order valence-corrected chi connectivity index (χ1v) is 8.26. The van der Waals surface area contributed by atoms with E-state index in [1.54, 1.807) is 6.20 Å². The quantitative estimate of drug-likeness (QED) is 0.459. The van der Waals surface area contributed by atoms with Crippen LogP contribution in [0.1, 0.15) is 26.3 Å². The summed E-state index contributed by atoms with van der Waals surface area (Å²) >= 11 is 0. The molecule has 1 aromatic carbocycles. The van der Waals surface area contributed by atoms with Gasteiger partial charge in [-0.3, -0.25) is 0 Å². The maximum Gasteiger partial charge on any atom is 0.213 e. The number of nitrogens with one attached hydrogen (secondary N) is 1. The van der Waals surface area contributed by atoms with Crippen molar-refractivity contribution in [2.75, 3.05) is 13.2 Å². The molecule has 0 amide bonds. The summed E-state index contributed by atoms with van der Waals surface area (Å²) in [6.45, 7) is 7.47. The SMILES string of the molecule is CC(C)(C)NC(N)=NCc1ccc(OCCOc2ccccc2)nc1. The van der Waals surface area contributed by atoms with E-state index in [9.17, 15) is 0 Å². The molecule has 2 rings (SSSR count).